The molecule has 0 spiro atoms. The van der Waals surface area contributed by atoms with Gasteiger partial charge >= 0.3 is 5.97 Å². The van der Waals surface area contributed by atoms with E-state index in [1.807, 2.05) is 0 Å². The van der Waals surface area contributed by atoms with Crippen LogP contribution < -0.4 is 0 Å². The van der Waals surface area contributed by atoms with Gasteiger partial charge in [0.1, 0.15) is 5.76 Å². The van der Waals surface area contributed by atoms with Crippen molar-refractivity contribution in [2.75, 3.05) is 0 Å². The van der Waals surface area contributed by atoms with Gasteiger partial charge in [0.2, 0.25) is 11.5 Å². The van der Waals surface area contributed by atoms with Gasteiger partial charge in [0.05, 0.1) is 0 Å². The van der Waals surface area contributed by atoms with Crippen LogP contribution in [0, 0.1) is 6.92 Å². The van der Waals surface area contributed by atoms with Gasteiger partial charge in [0.25, 0.3) is 0 Å². The van der Waals surface area contributed by atoms with Gasteiger partial charge in [-0.25, -0.2) is 4.79 Å². The first-order valence-corrected chi connectivity index (χ1v) is 6.42. The van der Waals surface area contributed by atoms with Crippen molar-refractivity contribution in [3.8, 4) is 0 Å². The number of ether oxygens (including phenoxy) is 1. The molecule has 0 bridgehead atoms. The Labute approximate surface area is 121 Å². The smallest absolute Gasteiger partial charge is 0.374 e. The van der Waals surface area contributed by atoms with Crippen molar-refractivity contribution in [2.45, 2.75) is 20.0 Å². The SMILES string of the molecule is Cc1ccc(C(=O)O[C@@H](C)C(=O)c2ccc(Cl)cc2)o1. The predicted molar refractivity (Wildman–Crippen MR) is 74.1 cm³/mol. The maximum absolute atomic E-state index is 12.1. The van der Waals surface area contributed by atoms with Crippen LogP contribution in [0.3, 0.4) is 0 Å². The van der Waals surface area contributed by atoms with E-state index < -0.39 is 12.1 Å². The van der Waals surface area contributed by atoms with Crippen molar-refractivity contribution in [3.05, 3.63) is 58.5 Å². The van der Waals surface area contributed by atoms with E-state index in [-0.39, 0.29) is 11.5 Å². The second-order valence-electron chi connectivity index (χ2n) is 4.33. The monoisotopic (exact) mass is 292 g/mol. The first kappa shape index (κ1) is 14.3. The fourth-order valence-corrected chi connectivity index (χ4v) is 1.79. The summed E-state index contributed by atoms with van der Waals surface area (Å²) >= 11 is 5.75. The number of halogens is 1. The van der Waals surface area contributed by atoms with E-state index in [2.05, 4.69) is 0 Å². The lowest BCUT2D eigenvalue weighted by Crippen LogP contribution is -2.24. The van der Waals surface area contributed by atoms with Crippen molar-refractivity contribution < 1.29 is 18.7 Å². The molecule has 0 radical (unpaired) electrons. The third-order valence-electron chi connectivity index (χ3n) is 2.72. The summed E-state index contributed by atoms with van der Waals surface area (Å²) < 4.78 is 10.2. The average Bonchev–Trinajstić information content (AvgIpc) is 2.85. The van der Waals surface area contributed by atoms with Gasteiger partial charge in [0.15, 0.2) is 6.10 Å². The normalized spacial score (nSPS) is 11.9. The fraction of sp³-hybridized carbons (Fsp3) is 0.200. The summed E-state index contributed by atoms with van der Waals surface area (Å²) in [4.78, 5) is 23.8. The molecule has 20 heavy (non-hydrogen) atoms. The van der Waals surface area contributed by atoms with E-state index in [0.29, 0.717) is 16.3 Å². The summed E-state index contributed by atoms with van der Waals surface area (Å²) in [7, 11) is 0. The summed E-state index contributed by atoms with van der Waals surface area (Å²) in [6.45, 7) is 3.24. The number of carbonyl (C=O) groups is 2. The molecule has 0 aliphatic carbocycles. The molecule has 0 aliphatic heterocycles. The summed E-state index contributed by atoms with van der Waals surface area (Å²) in [5.74, 6) is -0.266. The summed E-state index contributed by atoms with van der Waals surface area (Å²) in [6.07, 6.45) is -0.894. The number of benzene rings is 1. The van der Waals surface area contributed by atoms with Crippen LogP contribution in [-0.2, 0) is 4.74 Å². The standard InChI is InChI=1S/C15H13ClO4/c1-9-3-8-13(19-9)15(18)20-10(2)14(17)11-4-6-12(16)7-5-11/h3-8,10H,1-2H3/t10-/m0/s1. The molecule has 0 fully saturated rings. The molecule has 1 aromatic carbocycles. The minimum Gasteiger partial charge on any atom is -0.454 e. The maximum Gasteiger partial charge on any atom is 0.374 e. The summed E-state index contributed by atoms with van der Waals surface area (Å²) in [6, 6.07) is 9.57. The highest BCUT2D eigenvalue weighted by Crippen LogP contribution is 2.14. The molecule has 104 valence electrons. The molecule has 1 atom stereocenters. The van der Waals surface area contributed by atoms with Crippen LogP contribution in [0.15, 0.2) is 40.8 Å². The zero-order valence-electron chi connectivity index (χ0n) is 11.1. The van der Waals surface area contributed by atoms with Crippen molar-refractivity contribution in [1.29, 1.82) is 0 Å². The Balaban J connectivity index is 2.04. The van der Waals surface area contributed by atoms with Crippen LogP contribution >= 0.6 is 11.6 Å². The van der Waals surface area contributed by atoms with Gasteiger partial charge in [-0.2, -0.15) is 0 Å². The molecular formula is C15H13ClO4. The highest BCUT2D eigenvalue weighted by atomic mass is 35.5. The Morgan fingerprint density at radius 2 is 1.80 bits per heavy atom. The number of furan rings is 1. The second-order valence-corrected chi connectivity index (χ2v) is 4.77. The lowest BCUT2D eigenvalue weighted by atomic mass is 10.1. The van der Waals surface area contributed by atoms with Gasteiger partial charge in [0, 0.05) is 10.6 Å². The van der Waals surface area contributed by atoms with Crippen molar-refractivity contribution in [1.82, 2.24) is 0 Å². The lowest BCUT2D eigenvalue weighted by molar-refractivity contribution is 0.0288. The number of hydrogen-bond acceptors (Lipinski definition) is 4. The van der Waals surface area contributed by atoms with Crippen molar-refractivity contribution >= 4 is 23.4 Å². The third kappa shape index (κ3) is 3.27. The van der Waals surface area contributed by atoms with E-state index in [1.54, 1.807) is 37.3 Å². The van der Waals surface area contributed by atoms with Crippen LogP contribution in [0.1, 0.15) is 33.6 Å². The first-order valence-electron chi connectivity index (χ1n) is 6.04. The number of Topliss-reactive ketones (excluding diaryl/α,β-unsaturated/α-hetero) is 1. The lowest BCUT2D eigenvalue weighted by Gasteiger charge is -2.11. The Bertz CT molecular complexity index is 628. The number of esters is 1. The quantitative estimate of drug-likeness (QED) is 0.637. The highest BCUT2D eigenvalue weighted by molar-refractivity contribution is 6.30. The Kier molecular flexibility index (Phi) is 4.25. The number of hydrogen-bond donors (Lipinski definition) is 0. The van der Waals surface area contributed by atoms with E-state index in [4.69, 9.17) is 20.8 Å². The molecular weight excluding hydrogens is 280 g/mol. The molecule has 0 aliphatic rings. The number of rotatable bonds is 4. The number of carbonyl (C=O) groups excluding carboxylic acids is 2. The molecule has 1 aromatic heterocycles. The fourth-order valence-electron chi connectivity index (χ4n) is 1.67. The van der Waals surface area contributed by atoms with Crippen molar-refractivity contribution in [3.63, 3.8) is 0 Å². The Hall–Kier alpha value is -2.07. The van der Waals surface area contributed by atoms with Crippen LogP contribution in [0.2, 0.25) is 5.02 Å². The number of ketones is 1. The highest BCUT2D eigenvalue weighted by Gasteiger charge is 2.21. The molecule has 5 heteroatoms. The van der Waals surface area contributed by atoms with Crippen LogP contribution in [0.25, 0.3) is 0 Å². The zero-order valence-corrected chi connectivity index (χ0v) is 11.8. The third-order valence-corrected chi connectivity index (χ3v) is 2.98. The van der Waals surface area contributed by atoms with Crippen molar-refractivity contribution in [2.24, 2.45) is 0 Å². The largest absolute Gasteiger partial charge is 0.454 e. The van der Waals surface area contributed by atoms with E-state index in [9.17, 15) is 9.59 Å². The summed E-state index contributed by atoms with van der Waals surface area (Å²) in [5.41, 5.74) is 0.435. The van der Waals surface area contributed by atoms with Gasteiger partial charge < -0.3 is 9.15 Å². The van der Waals surface area contributed by atoms with Crippen LogP contribution in [0.5, 0.6) is 0 Å². The van der Waals surface area contributed by atoms with Gasteiger partial charge in [-0.1, -0.05) is 11.6 Å². The molecule has 0 amide bonds. The molecule has 1 heterocycles. The van der Waals surface area contributed by atoms with Gasteiger partial charge in [-0.05, 0) is 50.2 Å². The molecule has 2 rings (SSSR count). The van der Waals surface area contributed by atoms with E-state index in [1.165, 1.54) is 13.0 Å². The molecule has 0 saturated heterocycles. The van der Waals surface area contributed by atoms with Gasteiger partial charge in [-0.3, -0.25) is 4.79 Å². The molecule has 0 unspecified atom stereocenters. The number of aryl methyl sites for hydroxylation is 1. The second kappa shape index (κ2) is 5.92. The minimum atomic E-state index is -0.894. The van der Waals surface area contributed by atoms with Crippen LogP contribution in [0.4, 0.5) is 0 Å². The van der Waals surface area contributed by atoms with Crippen LogP contribution in [-0.4, -0.2) is 17.9 Å². The summed E-state index contributed by atoms with van der Waals surface area (Å²) in [5, 5.41) is 0.539. The molecule has 4 nitrogen and oxygen atoms in total. The molecule has 0 N–H and O–H groups in total. The van der Waals surface area contributed by atoms with E-state index >= 15 is 0 Å². The Morgan fingerprint density at radius 1 is 1.15 bits per heavy atom. The predicted octanol–water partition coefficient (Wildman–Crippen LogP) is 3.67. The maximum atomic E-state index is 12.1. The molecule has 2 aromatic rings. The topological polar surface area (TPSA) is 56.5 Å². The molecule has 0 saturated carbocycles. The average molecular weight is 293 g/mol. The first-order chi connectivity index (χ1) is 9.47. The van der Waals surface area contributed by atoms with E-state index in [0.717, 1.165) is 0 Å². The zero-order chi connectivity index (χ0) is 14.7. The van der Waals surface area contributed by atoms with Gasteiger partial charge in [-0.15, -0.1) is 0 Å². The Morgan fingerprint density at radius 3 is 2.35 bits per heavy atom. The minimum absolute atomic E-state index is 0.0817.